The lowest BCUT2D eigenvalue weighted by atomic mass is 10.1. The third kappa shape index (κ3) is 3.46. The number of hydrogen-bond acceptors (Lipinski definition) is 1. The number of carbonyl (C=O) groups is 1. The Morgan fingerprint density at radius 2 is 2.00 bits per heavy atom. The second-order valence-electron chi connectivity index (χ2n) is 4.01. The highest BCUT2D eigenvalue weighted by atomic mass is 79.9. The van der Waals surface area contributed by atoms with Crippen LogP contribution in [0.15, 0.2) is 22.7 Å². The van der Waals surface area contributed by atoms with Crippen LogP contribution in [0.4, 0.5) is 0 Å². The van der Waals surface area contributed by atoms with Crippen LogP contribution >= 0.6 is 27.5 Å². The second-order valence-corrected chi connectivity index (χ2v) is 5.30. The summed E-state index contributed by atoms with van der Waals surface area (Å²) in [6, 6.07) is 5.52. The predicted molar refractivity (Wildman–Crippen MR) is 75.6 cm³/mol. The molecule has 1 aromatic rings. The fourth-order valence-corrected chi connectivity index (χ4v) is 2.71. The Morgan fingerprint density at radius 3 is 2.47 bits per heavy atom. The summed E-state index contributed by atoms with van der Waals surface area (Å²) < 4.78 is 0.743. The van der Waals surface area contributed by atoms with Crippen LogP contribution in [0, 0.1) is 0 Å². The SMILES string of the molecule is CCC(CC)N(C)C(=O)c1ccc(Cl)cc1Br. The first-order valence-electron chi connectivity index (χ1n) is 5.73. The molecule has 0 aliphatic rings. The summed E-state index contributed by atoms with van der Waals surface area (Å²) in [5.74, 6) is 0.0299. The van der Waals surface area contributed by atoms with Crippen molar-refractivity contribution in [2.45, 2.75) is 32.7 Å². The van der Waals surface area contributed by atoms with Crippen molar-refractivity contribution in [2.75, 3.05) is 7.05 Å². The fourth-order valence-electron chi connectivity index (χ4n) is 1.86. The average Bonchev–Trinajstić information content (AvgIpc) is 2.29. The van der Waals surface area contributed by atoms with E-state index in [2.05, 4.69) is 29.8 Å². The number of carbonyl (C=O) groups excluding carboxylic acids is 1. The number of rotatable bonds is 4. The molecule has 94 valence electrons. The van der Waals surface area contributed by atoms with Crippen LogP contribution in [0.5, 0.6) is 0 Å². The van der Waals surface area contributed by atoms with Gasteiger partial charge in [0.2, 0.25) is 0 Å². The van der Waals surface area contributed by atoms with Gasteiger partial charge in [0.25, 0.3) is 5.91 Å². The van der Waals surface area contributed by atoms with E-state index in [1.54, 1.807) is 23.1 Å². The van der Waals surface area contributed by atoms with Gasteiger partial charge in [-0.3, -0.25) is 4.79 Å². The number of halogens is 2. The van der Waals surface area contributed by atoms with E-state index >= 15 is 0 Å². The first-order valence-corrected chi connectivity index (χ1v) is 6.90. The Hall–Kier alpha value is -0.540. The maximum absolute atomic E-state index is 12.3. The smallest absolute Gasteiger partial charge is 0.254 e. The summed E-state index contributed by atoms with van der Waals surface area (Å²) in [6.07, 6.45) is 1.92. The summed E-state index contributed by atoms with van der Waals surface area (Å²) in [5, 5.41) is 0.624. The van der Waals surface area contributed by atoms with Crippen molar-refractivity contribution in [2.24, 2.45) is 0 Å². The molecule has 0 aliphatic carbocycles. The van der Waals surface area contributed by atoms with Gasteiger partial charge in [0.05, 0.1) is 5.56 Å². The Kier molecular flexibility index (Phi) is 5.47. The Bertz CT molecular complexity index is 404. The van der Waals surface area contributed by atoms with Crippen LogP contribution in [0.25, 0.3) is 0 Å². The van der Waals surface area contributed by atoms with Gasteiger partial charge in [-0.2, -0.15) is 0 Å². The highest BCUT2D eigenvalue weighted by Crippen LogP contribution is 2.23. The summed E-state index contributed by atoms with van der Waals surface area (Å²) >= 11 is 9.24. The van der Waals surface area contributed by atoms with E-state index in [0.717, 1.165) is 17.3 Å². The second kappa shape index (κ2) is 6.41. The lowest BCUT2D eigenvalue weighted by Crippen LogP contribution is -2.36. The van der Waals surface area contributed by atoms with E-state index in [4.69, 9.17) is 11.6 Å². The van der Waals surface area contributed by atoms with Crippen molar-refractivity contribution >= 4 is 33.4 Å². The van der Waals surface area contributed by atoms with Crippen molar-refractivity contribution in [3.05, 3.63) is 33.3 Å². The van der Waals surface area contributed by atoms with Crippen LogP contribution in [0.3, 0.4) is 0 Å². The highest BCUT2D eigenvalue weighted by Gasteiger charge is 2.20. The Labute approximate surface area is 116 Å². The normalized spacial score (nSPS) is 10.7. The van der Waals surface area contributed by atoms with Gasteiger partial charge in [-0.05, 0) is 47.0 Å². The number of hydrogen-bond donors (Lipinski definition) is 0. The van der Waals surface area contributed by atoms with Gasteiger partial charge in [0, 0.05) is 22.6 Å². The van der Waals surface area contributed by atoms with Gasteiger partial charge in [-0.1, -0.05) is 25.4 Å². The summed E-state index contributed by atoms with van der Waals surface area (Å²) in [6.45, 7) is 4.18. The lowest BCUT2D eigenvalue weighted by molar-refractivity contribution is 0.0723. The maximum Gasteiger partial charge on any atom is 0.254 e. The highest BCUT2D eigenvalue weighted by molar-refractivity contribution is 9.10. The van der Waals surface area contributed by atoms with Gasteiger partial charge in [0.1, 0.15) is 0 Å². The predicted octanol–water partition coefficient (Wildman–Crippen LogP) is 4.36. The molecule has 1 aromatic carbocycles. The van der Waals surface area contributed by atoms with Crippen molar-refractivity contribution in [1.82, 2.24) is 4.90 Å². The standard InChI is InChI=1S/C13H17BrClNO/c1-4-10(5-2)16(3)13(17)11-7-6-9(15)8-12(11)14/h6-8,10H,4-5H2,1-3H3. The van der Waals surface area contributed by atoms with E-state index in [9.17, 15) is 4.79 Å². The molecule has 0 aromatic heterocycles. The van der Waals surface area contributed by atoms with Crippen LogP contribution in [0.1, 0.15) is 37.0 Å². The summed E-state index contributed by atoms with van der Waals surface area (Å²) in [7, 11) is 1.85. The topological polar surface area (TPSA) is 20.3 Å². The molecule has 0 bridgehead atoms. The maximum atomic E-state index is 12.3. The molecule has 1 rings (SSSR count). The molecular weight excluding hydrogens is 302 g/mol. The Morgan fingerprint density at radius 1 is 1.41 bits per heavy atom. The molecule has 0 spiro atoms. The number of amides is 1. The van der Waals surface area contributed by atoms with E-state index in [-0.39, 0.29) is 11.9 Å². The Balaban J connectivity index is 2.96. The van der Waals surface area contributed by atoms with Gasteiger partial charge >= 0.3 is 0 Å². The van der Waals surface area contributed by atoms with E-state index in [0.29, 0.717) is 10.6 Å². The third-order valence-corrected chi connectivity index (χ3v) is 3.86. The summed E-state index contributed by atoms with van der Waals surface area (Å²) in [5.41, 5.74) is 0.656. The van der Waals surface area contributed by atoms with Gasteiger partial charge in [-0.15, -0.1) is 0 Å². The molecule has 0 saturated carbocycles. The van der Waals surface area contributed by atoms with Gasteiger partial charge in [-0.25, -0.2) is 0 Å². The largest absolute Gasteiger partial charge is 0.339 e. The quantitative estimate of drug-likeness (QED) is 0.807. The molecule has 0 heterocycles. The van der Waals surface area contributed by atoms with E-state index < -0.39 is 0 Å². The molecule has 4 heteroatoms. The van der Waals surface area contributed by atoms with Gasteiger partial charge in [0.15, 0.2) is 0 Å². The molecule has 0 fully saturated rings. The first-order chi connectivity index (χ1) is 8.01. The third-order valence-electron chi connectivity index (χ3n) is 2.97. The molecular formula is C13H17BrClNO. The molecule has 2 nitrogen and oxygen atoms in total. The zero-order valence-electron chi connectivity index (χ0n) is 10.3. The van der Waals surface area contributed by atoms with Crippen molar-refractivity contribution in [1.29, 1.82) is 0 Å². The molecule has 0 saturated heterocycles. The zero-order chi connectivity index (χ0) is 13.0. The molecule has 0 aliphatic heterocycles. The molecule has 0 radical (unpaired) electrons. The summed E-state index contributed by atoms with van der Waals surface area (Å²) in [4.78, 5) is 14.1. The average molecular weight is 319 g/mol. The van der Waals surface area contributed by atoms with Crippen LogP contribution in [-0.4, -0.2) is 23.9 Å². The lowest BCUT2D eigenvalue weighted by Gasteiger charge is -2.26. The fraction of sp³-hybridized carbons (Fsp3) is 0.462. The molecule has 17 heavy (non-hydrogen) atoms. The van der Waals surface area contributed by atoms with Crippen molar-refractivity contribution in [3.8, 4) is 0 Å². The monoisotopic (exact) mass is 317 g/mol. The molecule has 1 amide bonds. The van der Waals surface area contributed by atoms with Crippen LogP contribution in [0.2, 0.25) is 5.02 Å². The first kappa shape index (κ1) is 14.5. The number of nitrogens with zero attached hydrogens (tertiary/aromatic N) is 1. The minimum absolute atomic E-state index is 0.0299. The van der Waals surface area contributed by atoms with Gasteiger partial charge < -0.3 is 4.90 Å². The zero-order valence-corrected chi connectivity index (χ0v) is 12.7. The minimum atomic E-state index is 0.0299. The minimum Gasteiger partial charge on any atom is -0.339 e. The number of benzene rings is 1. The van der Waals surface area contributed by atoms with E-state index in [1.165, 1.54) is 0 Å². The van der Waals surface area contributed by atoms with Crippen molar-refractivity contribution < 1.29 is 4.79 Å². The van der Waals surface area contributed by atoms with Crippen LogP contribution in [-0.2, 0) is 0 Å². The van der Waals surface area contributed by atoms with Crippen LogP contribution < -0.4 is 0 Å². The molecule has 0 N–H and O–H groups in total. The molecule has 0 unspecified atom stereocenters. The molecule has 0 atom stereocenters. The van der Waals surface area contributed by atoms with E-state index in [1.807, 2.05) is 7.05 Å². The van der Waals surface area contributed by atoms with Crippen molar-refractivity contribution in [3.63, 3.8) is 0 Å².